The predicted octanol–water partition coefficient (Wildman–Crippen LogP) is 1.99. The Morgan fingerprint density at radius 2 is 2.19 bits per heavy atom. The van der Waals surface area contributed by atoms with Crippen LogP contribution in [0.2, 0.25) is 0 Å². The SMILES string of the molecule is O=S(=O)(NC1CC2C=CC1C2)c1cccs1. The Kier molecular flexibility index (Phi) is 2.42. The number of sulfonamides is 1. The van der Waals surface area contributed by atoms with E-state index in [-0.39, 0.29) is 6.04 Å². The molecule has 0 radical (unpaired) electrons. The average Bonchev–Trinajstić information content (AvgIpc) is 2.94. The Morgan fingerprint density at radius 3 is 2.75 bits per heavy atom. The van der Waals surface area contributed by atoms with Crippen LogP contribution in [0.5, 0.6) is 0 Å². The van der Waals surface area contributed by atoms with Crippen molar-refractivity contribution in [2.75, 3.05) is 0 Å². The molecule has 3 nitrogen and oxygen atoms in total. The second kappa shape index (κ2) is 3.68. The van der Waals surface area contributed by atoms with Crippen LogP contribution in [0.1, 0.15) is 12.8 Å². The molecule has 2 aliphatic carbocycles. The predicted molar refractivity (Wildman–Crippen MR) is 63.8 cm³/mol. The summed E-state index contributed by atoms with van der Waals surface area (Å²) in [5, 5.41) is 1.79. The molecule has 1 fully saturated rings. The normalized spacial score (nSPS) is 32.4. The van der Waals surface area contributed by atoms with Gasteiger partial charge in [-0.3, -0.25) is 0 Å². The van der Waals surface area contributed by atoms with E-state index in [1.54, 1.807) is 17.5 Å². The van der Waals surface area contributed by atoms with Crippen LogP contribution in [-0.2, 0) is 10.0 Å². The summed E-state index contributed by atoms with van der Waals surface area (Å²) in [7, 11) is -3.29. The van der Waals surface area contributed by atoms with E-state index in [0.29, 0.717) is 16.0 Å². The van der Waals surface area contributed by atoms with Crippen LogP contribution in [0.25, 0.3) is 0 Å². The number of fused-ring (bicyclic) bond motifs is 2. The van der Waals surface area contributed by atoms with Crippen LogP contribution < -0.4 is 4.72 Å². The minimum atomic E-state index is -3.29. The molecule has 0 saturated heterocycles. The molecule has 0 aliphatic heterocycles. The highest BCUT2D eigenvalue weighted by molar-refractivity contribution is 7.91. The monoisotopic (exact) mass is 255 g/mol. The van der Waals surface area contributed by atoms with Crippen molar-refractivity contribution in [3.05, 3.63) is 29.7 Å². The lowest BCUT2D eigenvalue weighted by Crippen LogP contribution is -2.37. The molecule has 16 heavy (non-hydrogen) atoms. The fraction of sp³-hybridized carbons (Fsp3) is 0.455. The highest BCUT2D eigenvalue weighted by Crippen LogP contribution is 2.39. The maximum Gasteiger partial charge on any atom is 0.250 e. The summed E-state index contributed by atoms with van der Waals surface area (Å²) in [5.41, 5.74) is 0. The summed E-state index contributed by atoms with van der Waals surface area (Å²) < 4.78 is 27.2. The maximum atomic E-state index is 12.0. The topological polar surface area (TPSA) is 46.2 Å². The standard InChI is InChI=1S/C11H13NO2S2/c13-16(14,11-2-1-5-15-11)12-10-7-8-3-4-9(10)6-8/h1-5,8-10,12H,6-7H2. The van der Waals surface area contributed by atoms with Gasteiger partial charge in [0.15, 0.2) is 0 Å². The lowest BCUT2D eigenvalue weighted by Gasteiger charge is -2.18. The first-order chi connectivity index (χ1) is 7.65. The van der Waals surface area contributed by atoms with Gasteiger partial charge in [0.05, 0.1) is 0 Å². The molecule has 0 spiro atoms. The van der Waals surface area contributed by atoms with Gasteiger partial charge < -0.3 is 0 Å². The Morgan fingerprint density at radius 1 is 1.31 bits per heavy atom. The highest BCUT2D eigenvalue weighted by atomic mass is 32.2. The summed E-state index contributed by atoms with van der Waals surface area (Å²) in [6, 6.07) is 3.51. The van der Waals surface area contributed by atoms with Crippen molar-refractivity contribution in [2.45, 2.75) is 23.1 Å². The molecular formula is C11H13NO2S2. The summed E-state index contributed by atoms with van der Waals surface area (Å²) in [6.45, 7) is 0. The van der Waals surface area contributed by atoms with Crippen molar-refractivity contribution in [2.24, 2.45) is 11.8 Å². The zero-order valence-corrected chi connectivity index (χ0v) is 10.3. The number of allylic oxidation sites excluding steroid dienone is 1. The molecule has 1 aromatic heterocycles. The second-order valence-corrected chi connectivity index (χ2v) is 7.33. The van der Waals surface area contributed by atoms with Gasteiger partial charge in [-0.15, -0.1) is 11.3 Å². The van der Waals surface area contributed by atoms with E-state index in [1.807, 2.05) is 0 Å². The molecule has 1 aromatic rings. The summed E-state index contributed by atoms with van der Waals surface area (Å²) in [4.78, 5) is 0. The molecule has 0 amide bonds. The van der Waals surface area contributed by atoms with Crippen LogP contribution in [0.15, 0.2) is 33.9 Å². The zero-order valence-electron chi connectivity index (χ0n) is 8.67. The third-order valence-electron chi connectivity index (χ3n) is 3.35. The Hall–Kier alpha value is -0.650. The molecule has 1 N–H and O–H groups in total. The number of rotatable bonds is 3. The van der Waals surface area contributed by atoms with Gasteiger partial charge in [0.1, 0.15) is 4.21 Å². The fourth-order valence-electron chi connectivity index (χ4n) is 2.59. The van der Waals surface area contributed by atoms with E-state index in [9.17, 15) is 8.42 Å². The minimum absolute atomic E-state index is 0.0992. The molecule has 3 rings (SSSR count). The molecule has 2 aliphatic rings. The average molecular weight is 255 g/mol. The Labute approximate surface area is 99.2 Å². The molecule has 5 heteroatoms. The van der Waals surface area contributed by atoms with E-state index >= 15 is 0 Å². The molecular weight excluding hydrogens is 242 g/mol. The molecule has 86 valence electrons. The van der Waals surface area contributed by atoms with Crippen molar-refractivity contribution in [1.82, 2.24) is 4.72 Å². The van der Waals surface area contributed by atoms with Crippen LogP contribution in [0.4, 0.5) is 0 Å². The van der Waals surface area contributed by atoms with Gasteiger partial charge in [0, 0.05) is 6.04 Å². The number of thiophene rings is 1. The van der Waals surface area contributed by atoms with Crippen LogP contribution in [0, 0.1) is 11.8 Å². The van der Waals surface area contributed by atoms with Crippen LogP contribution >= 0.6 is 11.3 Å². The van der Waals surface area contributed by atoms with Crippen molar-refractivity contribution in [3.63, 3.8) is 0 Å². The zero-order chi connectivity index (χ0) is 11.2. The van der Waals surface area contributed by atoms with E-state index in [1.165, 1.54) is 11.3 Å². The van der Waals surface area contributed by atoms with Crippen LogP contribution in [0.3, 0.4) is 0 Å². The van der Waals surface area contributed by atoms with Gasteiger partial charge in [-0.2, -0.15) is 0 Å². The van der Waals surface area contributed by atoms with Gasteiger partial charge in [-0.25, -0.2) is 13.1 Å². The highest BCUT2D eigenvalue weighted by Gasteiger charge is 2.38. The first kappa shape index (κ1) is 10.5. The van der Waals surface area contributed by atoms with E-state index in [0.717, 1.165) is 12.8 Å². The van der Waals surface area contributed by atoms with Gasteiger partial charge in [-0.05, 0) is 36.1 Å². The van der Waals surface area contributed by atoms with Crippen molar-refractivity contribution in [3.8, 4) is 0 Å². The minimum Gasteiger partial charge on any atom is -0.207 e. The summed E-state index contributed by atoms with van der Waals surface area (Å²) in [5.74, 6) is 0.987. The van der Waals surface area contributed by atoms with E-state index < -0.39 is 10.0 Å². The lowest BCUT2D eigenvalue weighted by atomic mass is 10.0. The molecule has 3 atom stereocenters. The van der Waals surface area contributed by atoms with Crippen LogP contribution in [-0.4, -0.2) is 14.5 Å². The smallest absolute Gasteiger partial charge is 0.207 e. The molecule has 2 bridgehead atoms. The number of hydrogen-bond donors (Lipinski definition) is 1. The van der Waals surface area contributed by atoms with E-state index in [4.69, 9.17) is 0 Å². The number of nitrogens with one attached hydrogen (secondary N) is 1. The van der Waals surface area contributed by atoms with Crippen molar-refractivity contribution < 1.29 is 8.42 Å². The summed E-state index contributed by atoms with van der Waals surface area (Å²) >= 11 is 1.26. The third kappa shape index (κ3) is 1.73. The Balaban J connectivity index is 1.78. The first-order valence-corrected chi connectivity index (χ1v) is 7.75. The van der Waals surface area contributed by atoms with E-state index in [2.05, 4.69) is 16.9 Å². The van der Waals surface area contributed by atoms with Gasteiger partial charge in [0.2, 0.25) is 10.0 Å². The van der Waals surface area contributed by atoms with Gasteiger partial charge in [0.25, 0.3) is 0 Å². The molecule has 3 unspecified atom stereocenters. The first-order valence-electron chi connectivity index (χ1n) is 5.39. The van der Waals surface area contributed by atoms with Gasteiger partial charge >= 0.3 is 0 Å². The largest absolute Gasteiger partial charge is 0.250 e. The maximum absolute atomic E-state index is 12.0. The Bertz CT molecular complexity index is 504. The number of hydrogen-bond acceptors (Lipinski definition) is 3. The second-order valence-electron chi connectivity index (χ2n) is 4.44. The molecule has 1 saturated carbocycles. The fourth-order valence-corrected chi connectivity index (χ4v) is 4.90. The quantitative estimate of drug-likeness (QED) is 0.840. The molecule has 0 aromatic carbocycles. The van der Waals surface area contributed by atoms with Crippen molar-refractivity contribution >= 4 is 21.4 Å². The molecule has 1 heterocycles. The third-order valence-corrected chi connectivity index (χ3v) is 6.23. The van der Waals surface area contributed by atoms with Gasteiger partial charge in [-0.1, -0.05) is 18.2 Å². The van der Waals surface area contributed by atoms with Crippen molar-refractivity contribution in [1.29, 1.82) is 0 Å². The summed E-state index contributed by atoms with van der Waals surface area (Å²) in [6.07, 6.45) is 6.42. The lowest BCUT2D eigenvalue weighted by molar-refractivity contribution is 0.504.